The predicted octanol–water partition coefficient (Wildman–Crippen LogP) is 4.24. The maximum absolute atomic E-state index is 11.4. The van der Waals surface area contributed by atoms with Gasteiger partial charge in [-0.3, -0.25) is 0 Å². The molecule has 1 N–H and O–H groups in total. The third kappa shape index (κ3) is 2.65. The summed E-state index contributed by atoms with van der Waals surface area (Å²) >= 11 is 6.16. The number of benzene rings is 2. The topological polar surface area (TPSA) is 42.2 Å². The normalized spacial score (nSPS) is 10.9. The fourth-order valence-corrected chi connectivity index (χ4v) is 2.79. The molecule has 21 heavy (non-hydrogen) atoms. The van der Waals surface area contributed by atoms with Gasteiger partial charge in [0, 0.05) is 22.5 Å². The second kappa shape index (κ2) is 5.62. The van der Waals surface area contributed by atoms with Crippen molar-refractivity contribution in [3.05, 3.63) is 70.9 Å². The van der Waals surface area contributed by atoms with E-state index in [-0.39, 0.29) is 0 Å². The molecule has 0 amide bonds. The number of hydrogen-bond donors (Lipinski definition) is 1. The first-order chi connectivity index (χ1) is 10.2. The highest BCUT2D eigenvalue weighted by Crippen LogP contribution is 2.22. The van der Waals surface area contributed by atoms with Crippen molar-refractivity contribution >= 4 is 28.5 Å². The number of carboxylic acids is 1. The SMILES string of the molecule is O=C(O)c1cc2ccccc2n1CCc1ccccc1Cl. The average molecular weight is 300 g/mol. The van der Waals surface area contributed by atoms with Crippen LogP contribution in [0.5, 0.6) is 0 Å². The third-order valence-electron chi connectivity index (χ3n) is 3.59. The van der Waals surface area contributed by atoms with E-state index in [1.807, 2.05) is 53.1 Å². The van der Waals surface area contributed by atoms with Gasteiger partial charge < -0.3 is 9.67 Å². The Balaban J connectivity index is 1.98. The first-order valence-electron chi connectivity index (χ1n) is 6.72. The van der Waals surface area contributed by atoms with E-state index in [0.29, 0.717) is 23.7 Å². The number of nitrogens with zero attached hydrogens (tertiary/aromatic N) is 1. The smallest absolute Gasteiger partial charge is 0.352 e. The second-order valence-corrected chi connectivity index (χ2v) is 5.29. The molecule has 0 radical (unpaired) electrons. The molecule has 2 aromatic carbocycles. The van der Waals surface area contributed by atoms with Gasteiger partial charge in [0.2, 0.25) is 0 Å². The van der Waals surface area contributed by atoms with Gasteiger partial charge in [0.25, 0.3) is 0 Å². The highest BCUT2D eigenvalue weighted by atomic mass is 35.5. The van der Waals surface area contributed by atoms with E-state index in [1.54, 1.807) is 6.07 Å². The van der Waals surface area contributed by atoms with Crippen LogP contribution in [0.4, 0.5) is 0 Å². The molecule has 0 saturated heterocycles. The molecule has 0 aliphatic heterocycles. The van der Waals surface area contributed by atoms with Gasteiger partial charge in [-0.2, -0.15) is 0 Å². The summed E-state index contributed by atoms with van der Waals surface area (Å²) in [7, 11) is 0. The molecule has 0 atom stereocenters. The second-order valence-electron chi connectivity index (χ2n) is 4.89. The summed E-state index contributed by atoms with van der Waals surface area (Å²) in [6.45, 7) is 0.582. The molecule has 0 saturated carbocycles. The monoisotopic (exact) mass is 299 g/mol. The van der Waals surface area contributed by atoms with Crippen LogP contribution in [0.2, 0.25) is 5.02 Å². The van der Waals surface area contributed by atoms with Crippen LogP contribution in [-0.4, -0.2) is 15.6 Å². The Bertz CT molecular complexity index is 807. The van der Waals surface area contributed by atoms with Crippen molar-refractivity contribution in [3.63, 3.8) is 0 Å². The van der Waals surface area contributed by atoms with Crippen molar-refractivity contribution in [3.8, 4) is 0 Å². The summed E-state index contributed by atoms with van der Waals surface area (Å²) in [5, 5.41) is 11.0. The molecule has 106 valence electrons. The van der Waals surface area contributed by atoms with Gasteiger partial charge in [0.1, 0.15) is 5.69 Å². The largest absolute Gasteiger partial charge is 0.477 e. The fraction of sp³-hybridized carbons (Fsp3) is 0.118. The fourth-order valence-electron chi connectivity index (χ4n) is 2.56. The number of aromatic carboxylic acids is 1. The van der Waals surface area contributed by atoms with Crippen LogP contribution in [0.25, 0.3) is 10.9 Å². The summed E-state index contributed by atoms with van der Waals surface area (Å²) in [5.41, 5.74) is 2.26. The highest BCUT2D eigenvalue weighted by Gasteiger charge is 2.14. The van der Waals surface area contributed by atoms with Crippen LogP contribution in [0, 0.1) is 0 Å². The van der Waals surface area contributed by atoms with Crippen molar-refractivity contribution < 1.29 is 9.90 Å². The summed E-state index contributed by atoms with van der Waals surface area (Å²) in [6.07, 6.45) is 0.693. The van der Waals surface area contributed by atoms with Gasteiger partial charge in [-0.25, -0.2) is 4.79 Å². The summed E-state index contributed by atoms with van der Waals surface area (Å²) in [5.74, 6) is -0.912. The maximum atomic E-state index is 11.4. The zero-order valence-corrected chi connectivity index (χ0v) is 12.0. The minimum Gasteiger partial charge on any atom is -0.477 e. The van der Waals surface area contributed by atoms with Crippen LogP contribution in [0.1, 0.15) is 16.1 Å². The molecule has 0 unspecified atom stereocenters. The zero-order valence-electron chi connectivity index (χ0n) is 11.3. The van der Waals surface area contributed by atoms with Crippen molar-refractivity contribution in [2.75, 3.05) is 0 Å². The molecule has 1 heterocycles. The third-order valence-corrected chi connectivity index (χ3v) is 3.96. The lowest BCUT2D eigenvalue weighted by Crippen LogP contribution is -2.10. The van der Waals surface area contributed by atoms with E-state index in [0.717, 1.165) is 16.5 Å². The molecule has 0 bridgehead atoms. The van der Waals surface area contributed by atoms with Gasteiger partial charge in [0.15, 0.2) is 0 Å². The Hall–Kier alpha value is -2.26. The number of rotatable bonds is 4. The molecule has 3 aromatic rings. The number of carbonyl (C=O) groups is 1. The molecule has 0 aliphatic rings. The maximum Gasteiger partial charge on any atom is 0.352 e. The highest BCUT2D eigenvalue weighted by molar-refractivity contribution is 6.31. The first-order valence-corrected chi connectivity index (χ1v) is 7.09. The Morgan fingerprint density at radius 2 is 1.81 bits per heavy atom. The molecule has 0 spiro atoms. The standard InChI is InChI=1S/C17H14ClNO2/c18-14-7-3-1-5-12(14)9-10-19-15-8-4-2-6-13(15)11-16(19)17(20)21/h1-8,11H,9-10H2,(H,20,21). The summed E-state index contributed by atoms with van der Waals surface area (Å²) in [6, 6.07) is 17.0. The number of hydrogen-bond acceptors (Lipinski definition) is 1. The van der Waals surface area contributed by atoms with Gasteiger partial charge in [-0.05, 0) is 30.2 Å². The lowest BCUT2D eigenvalue weighted by atomic mass is 10.1. The van der Waals surface area contributed by atoms with Gasteiger partial charge in [-0.15, -0.1) is 0 Å². The zero-order chi connectivity index (χ0) is 14.8. The van der Waals surface area contributed by atoms with Crippen LogP contribution in [0.3, 0.4) is 0 Å². The van der Waals surface area contributed by atoms with Crippen molar-refractivity contribution in [1.82, 2.24) is 4.57 Å². The molecular weight excluding hydrogens is 286 g/mol. The van der Waals surface area contributed by atoms with E-state index < -0.39 is 5.97 Å². The lowest BCUT2D eigenvalue weighted by Gasteiger charge is -2.09. The van der Waals surface area contributed by atoms with Crippen LogP contribution >= 0.6 is 11.6 Å². The van der Waals surface area contributed by atoms with Gasteiger partial charge in [0.05, 0.1) is 0 Å². The summed E-state index contributed by atoms with van der Waals surface area (Å²) < 4.78 is 1.83. The van der Waals surface area contributed by atoms with E-state index in [9.17, 15) is 9.90 Å². The molecule has 3 nitrogen and oxygen atoms in total. The molecule has 0 aliphatic carbocycles. The van der Waals surface area contributed by atoms with Gasteiger partial charge in [-0.1, -0.05) is 48.0 Å². The number of carboxylic acid groups (broad SMARTS) is 1. The van der Waals surface area contributed by atoms with E-state index in [2.05, 4.69) is 0 Å². The molecular formula is C17H14ClNO2. The molecule has 4 heteroatoms. The van der Waals surface area contributed by atoms with Crippen molar-refractivity contribution in [1.29, 1.82) is 0 Å². The lowest BCUT2D eigenvalue weighted by molar-refractivity contribution is 0.0685. The van der Waals surface area contributed by atoms with Crippen molar-refractivity contribution in [2.45, 2.75) is 13.0 Å². The minimum atomic E-state index is -0.912. The predicted molar refractivity (Wildman–Crippen MR) is 84.1 cm³/mol. The number of halogens is 1. The van der Waals surface area contributed by atoms with Crippen LogP contribution < -0.4 is 0 Å². The van der Waals surface area contributed by atoms with Gasteiger partial charge >= 0.3 is 5.97 Å². The van der Waals surface area contributed by atoms with Crippen molar-refractivity contribution in [2.24, 2.45) is 0 Å². The van der Waals surface area contributed by atoms with E-state index >= 15 is 0 Å². The molecule has 1 aromatic heterocycles. The number of aromatic nitrogens is 1. The minimum absolute atomic E-state index is 0.309. The first kappa shape index (κ1) is 13.7. The number of para-hydroxylation sites is 1. The summed E-state index contributed by atoms with van der Waals surface area (Å²) in [4.78, 5) is 11.4. The van der Waals surface area contributed by atoms with Crippen LogP contribution in [0.15, 0.2) is 54.6 Å². The number of fused-ring (bicyclic) bond motifs is 1. The van der Waals surface area contributed by atoms with E-state index in [4.69, 9.17) is 11.6 Å². The number of aryl methyl sites for hydroxylation is 2. The van der Waals surface area contributed by atoms with Crippen LogP contribution in [-0.2, 0) is 13.0 Å². The average Bonchev–Trinajstić information content (AvgIpc) is 2.85. The quantitative estimate of drug-likeness (QED) is 0.783. The Morgan fingerprint density at radius 3 is 2.57 bits per heavy atom. The molecule has 0 fully saturated rings. The Labute approximate surface area is 127 Å². The Morgan fingerprint density at radius 1 is 1.10 bits per heavy atom. The Kier molecular flexibility index (Phi) is 3.67. The molecule has 3 rings (SSSR count). The van der Waals surface area contributed by atoms with E-state index in [1.165, 1.54) is 0 Å².